The quantitative estimate of drug-likeness (QED) is 0.792. The molecule has 0 radical (unpaired) electrons. The molecule has 0 spiro atoms. The van der Waals surface area contributed by atoms with Crippen molar-refractivity contribution in [3.8, 4) is 0 Å². The van der Waals surface area contributed by atoms with E-state index in [-0.39, 0.29) is 5.75 Å². The first kappa shape index (κ1) is 15.0. The van der Waals surface area contributed by atoms with Gasteiger partial charge < -0.3 is 10.3 Å². The summed E-state index contributed by atoms with van der Waals surface area (Å²) in [5.41, 5.74) is 6.26. The van der Waals surface area contributed by atoms with E-state index in [1.165, 1.54) is 0 Å². The number of aromatic nitrogens is 2. The van der Waals surface area contributed by atoms with E-state index >= 15 is 0 Å². The van der Waals surface area contributed by atoms with Crippen molar-refractivity contribution in [1.82, 2.24) is 9.55 Å². The summed E-state index contributed by atoms with van der Waals surface area (Å²) in [7, 11) is -3.26. The molecular weight excluding hydrogens is 274 g/mol. The van der Waals surface area contributed by atoms with Gasteiger partial charge in [-0.25, -0.2) is 13.4 Å². The Morgan fingerprint density at radius 1 is 1.35 bits per heavy atom. The van der Waals surface area contributed by atoms with Crippen LogP contribution in [-0.4, -0.2) is 30.3 Å². The van der Waals surface area contributed by atoms with Crippen LogP contribution >= 0.6 is 0 Å². The van der Waals surface area contributed by atoms with Gasteiger partial charge in [0.15, 0.2) is 9.84 Å². The van der Waals surface area contributed by atoms with Crippen molar-refractivity contribution < 1.29 is 8.42 Å². The monoisotopic (exact) mass is 295 g/mol. The van der Waals surface area contributed by atoms with Crippen LogP contribution < -0.4 is 5.73 Å². The normalized spacial score (nSPS) is 12.1. The fourth-order valence-corrected chi connectivity index (χ4v) is 3.89. The molecule has 2 heterocycles. The summed E-state index contributed by atoms with van der Waals surface area (Å²) in [4.78, 5) is 4.65. The zero-order valence-electron chi connectivity index (χ0n) is 11.7. The second-order valence-corrected chi connectivity index (χ2v) is 6.95. The lowest BCUT2D eigenvalue weighted by molar-refractivity contribution is 0.591. The molecule has 2 aromatic rings. The molecule has 0 saturated heterocycles. The molecule has 0 aliphatic rings. The topological polar surface area (TPSA) is 78.0 Å². The van der Waals surface area contributed by atoms with Crippen molar-refractivity contribution in [2.24, 2.45) is 5.73 Å². The Morgan fingerprint density at radius 3 is 2.85 bits per heavy atom. The Kier molecular flexibility index (Phi) is 4.77. The predicted molar refractivity (Wildman–Crippen MR) is 80.4 cm³/mol. The highest BCUT2D eigenvalue weighted by Crippen LogP contribution is 2.25. The number of nitrogens with two attached hydrogens (primary N) is 1. The van der Waals surface area contributed by atoms with Gasteiger partial charge in [0.25, 0.3) is 0 Å². The highest BCUT2D eigenvalue weighted by atomic mass is 32.2. The van der Waals surface area contributed by atoms with Gasteiger partial charge in [-0.1, -0.05) is 19.8 Å². The van der Waals surface area contributed by atoms with E-state index in [1.807, 2.05) is 10.6 Å². The third kappa shape index (κ3) is 3.02. The van der Waals surface area contributed by atoms with E-state index in [1.54, 1.807) is 18.5 Å². The largest absolute Gasteiger partial charge is 0.330 e. The van der Waals surface area contributed by atoms with Crippen LogP contribution in [0.5, 0.6) is 0 Å². The number of hydrogen-bond acceptors (Lipinski definition) is 4. The van der Waals surface area contributed by atoms with Crippen LogP contribution in [0.15, 0.2) is 29.4 Å². The van der Waals surface area contributed by atoms with Crippen LogP contribution in [0.1, 0.15) is 26.2 Å². The lowest BCUT2D eigenvalue weighted by Gasteiger charge is -2.02. The van der Waals surface area contributed by atoms with Gasteiger partial charge in [-0.15, -0.1) is 0 Å². The SMILES string of the molecule is CCCCCS(=O)(=O)c1cn(CCN)c2ncccc12. The van der Waals surface area contributed by atoms with E-state index in [2.05, 4.69) is 11.9 Å². The van der Waals surface area contributed by atoms with E-state index < -0.39 is 9.84 Å². The van der Waals surface area contributed by atoms with Crippen LogP contribution in [0.3, 0.4) is 0 Å². The number of nitrogens with zero attached hydrogens (tertiary/aromatic N) is 2. The Hall–Kier alpha value is -1.40. The van der Waals surface area contributed by atoms with Crippen molar-refractivity contribution in [3.63, 3.8) is 0 Å². The standard InChI is InChI=1S/C14H21N3O2S/c1-2-3-4-10-20(18,19)13-11-17(9-7-15)14-12(13)6-5-8-16-14/h5-6,8,11H,2-4,7,9-10,15H2,1H3. The molecule has 0 saturated carbocycles. The molecule has 0 unspecified atom stereocenters. The molecule has 0 aliphatic carbocycles. The molecular formula is C14H21N3O2S. The van der Waals surface area contributed by atoms with Crippen molar-refractivity contribution in [2.75, 3.05) is 12.3 Å². The van der Waals surface area contributed by atoms with Gasteiger partial charge in [0.05, 0.1) is 10.6 Å². The number of hydrogen-bond donors (Lipinski definition) is 1. The lowest BCUT2D eigenvalue weighted by Crippen LogP contribution is -2.09. The molecule has 0 amide bonds. The Morgan fingerprint density at radius 2 is 2.15 bits per heavy atom. The summed E-state index contributed by atoms with van der Waals surface area (Å²) in [6.07, 6.45) is 5.97. The third-order valence-electron chi connectivity index (χ3n) is 3.32. The predicted octanol–water partition coefficient (Wildman–Crippen LogP) is 1.96. The molecule has 2 rings (SSSR count). The molecule has 0 fully saturated rings. The minimum atomic E-state index is -3.26. The van der Waals surface area contributed by atoms with E-state index in [0.29, 0.717) is 35.4 Å². The van der Waals surface area contributed by atoms with Crippen LogP contribution in [0.25, 0.3) is 11.0 Å². The molecule has 0 aromatic carbocycles. The van der Waals surface area contributed by atoms with Crippen molar-refractivity contribution in [3.05, 3.63) is 24.5 Å². The average Bonchev–Trinajstić information content (AvgIpc) is 2.80. The first-order chi connectivity index (χ1) is 9.60. The average molecular weight is 295 g/mol. The smallest absolute Gasteiger partial charge is 0.180 e. The van der Waals surface area contributed by atoms with Gasteiger partial charge in [0, 0.05) is 30.9 Å². The highest BCUT2D eigenvalue weighted by molar-refractivity contribution is 7.91. The summed E-state index contributed by atoms with van der Waals surface area (Å²) in [5.74, 6) is 0.192. The molecule has 2 aromatic heterocycles. The van der Waals surface area contributed by atoms with Crippen molar-refractivity contribution in [2.45, 2.75) is 37.6 Å². The molecule has 0 atom stereocenters. The molecule has 6 heteroatoms. The number of unbranched alkanes of at least 4 members (excludes halogenated alkanes) is 2. The van der Waals surface area contributed by atoms with Gasteiger partial charge in [-0.3, -0.25) is 0 Å². The van der Waals surface area contributed by atoms with Crippen LogP contribution in [0.4, 0.5) is 0 Å². The minimum Gasteiger partial charge on any atom is -0.330 e. The highest BCUT2D eigenvalue weighted by Gasteiger charge is 2.21. The van der Waals surface area contributed by atoms with Gasteiger partial charge in [-0.2, -0.15) is 0 Å². The van der Waals surface area contributed by atoms with Gasteiger partial charge in [-0.05, 0) is 18.6 Å². The number of rotatable bonds is 7. The fraction of sp³-hybridized carbons (Fsp3) is 0.500. The van der Waals surface area contributed by atoms with E-state index in [9.17, 15) is 8.42 Å². The van der Waals surface area contributed by atoms with Gasteiger partial charge in [0.1, 0.15) is 5.65 Å². The Bertz CT molecular complexity index is 677. The van der Waals surface area contributed by atoms with Gasteiger partial charge in [0.2, 0.25) is 0 Å². The van der Waals surface area contributed by atoms with E-state index in [4.69, 9.17) is 5.73 Å². The maximum atomic E-state index is 12.5. The fourth-order valence-electron chi connectivity index (χ4n) is 2.30. The Balaban J connectivity index is 2.43. The van der Waals surface area contributed by atoms with Crippen LogP contribution in [0.2, 0.25) is 0 Å². The first-order valence-corrected chi connectivity index (χ1v) is 8.62. The maximum absolute atomic E-state index is 12.5. The number of sulfone groups is 1. The summed E-state index contributed by atoms with van der Waals surface area (Å²) < 4.78 is 26.8. The molecule has 20 heavy (non-hydrogen) atoms. The molecule has 5 nitrogen and oxygen atoms in total. The van der Waals surface area contributed by atoms with Crippen LogP contribution in [-0.2, 0) is 16.4 Å². The van der Waals surface area contributed by atoms with Crippen molar-refractivity contribution in [1.29, 1.82) is 0 Å². The second kappa shape index (κ2) is 6.37. The summed E-state index contributed by atoms with van der Waals surface area (Å²) in [6.45, 7) is 3.08. The number of pyridine rings is 1. The molecule has 0 aliphatic heterocycles. The molecule has 110 valence electrons. The molecule has 2 N–H and O–H groups in total. The lowest BCUT2D eigenvalue weighted by atomic mass is 10.3. The van der Waals surface area contributed by atoms with Crippen LogP contribution in [0, 0.1) is 0 Å². The maximum Gasteiger partial charge on any atom is 0.180 e. The summed E-state index contributed by atoms with van der Waals surface area (Å²) in [6, 6.07) is 3.57. The summed E-state index contributed by atoms with van der Waals surface area (Å²) >= 11 is 0. The zero-order valence-corrected chi connectivity index (χ0v) is 12.6. The Labute approximate surface area is 119 Å². The third-order valence-corrected chi connectivity index (χ3v) is 5.14. The number of fused-ring (bicyclic) bond motifs is 1. The van der Waals surface area contributed by atoms with E-state index in [0.717, 1.165) is 12.8 Å². The first-order valence-electron chi connectivity index (χ1n) is 6.97. The van der Waals surface area contributed by atoms with Crippen molar-refractivity contribution >= 4 is 20.9 Å². The molecule has 0 bridgehead atoms. The second-order valence-electron chi connectivity index (χ2n) is 4.88. The minimum absolute atomic E-state index is 0.192. The summed E-state index contributed by atoms with van der Waals surface area (Å²) in [5, 5.41) is 0.692. The van der Waals surface area contributed by atoms with Gasteiger partial charge >= 0.3 is 0 Å². The zero-order chi connectivity index (χ0) is 14.6.